The van der Waals surface area contributed by atoms with Gasteiger partial charge in [0.25, 0.3) is 0 Å². The molecule has 2 bridgehead atoms. The second kappa shape index (κ2) is 11.0. The quantitative estimate of drug-likeness (QED) is 0.288. The number of esters is 2. The molecule has 38 heavy (non-hydrogen) atoms. The largest absolute Gasteiger partial charge is 0.461 e. The minimum atomic E-state index is -1.23. The van der Waals surface area contributed by atoms with Crippen molar-refractivity contribution in [2.24, 2.45) is 30.7 Å². The van der Waals surface area contributed by atoms with Crippen molar-refractivity contribution in [3.63, 3.8) is 0 Å². The number of rotatable bonds is 7. The molecule has 0 saturated heterocycles. The van der Waals surface area contributed by atoms with Crippen molar-refractivity contribution in [3.8, 4) is 0 Å². The monoisotopic (exact) mass is 524 g/mol. The van der Waals surface area contributed by atoms with E-state index in [1.54, 1.807) is 19.5 Å². The lowest BCUT2D eigenvalue weighted by Gasteiger charge is -2.41. The predicted octanol–water partition coefficient (Wildman–Crippen LogP) is 4.78. The van der Waals surface area contributed by atoms with Crippen LogP contribution in [0.15, 0.2) is 54.1 Å². The molecule has 1 aromatic rings. The molecule has 0 radical (unpaired) electrons. The summed E-state index contributed by atoms with van der Waals surface area (Å²) in [4.78, 5) is 29.1. The minimum absolute atomic E-state index is 0.0532. The van der Waals surface area contributed by atoms with Crippen LogP contribution in [-0.2, 0) is 35.6 Å². The van der Waals surface area contributed by atoms with Crippen LogP contribution in [0.1, 0.15) is 53.2 Å². The summed E-state index contributed by atoms with van der Waals surface area (Å²) in [6.07, 6.45) is 15.8. The molecule has 1 aromatic heterocycles. The molecule has 6 atom stereocenters. The number of imidazole rings is 1. The van der Waals surface area contributed by atoms with E-state index in [9.17, 15) is 9.59 Å². The molecular formula is C30H40N2O6. The minimum Gasteiger partial charge on any atom is -0.461 e. The maximum Gasteiger partial charge on any atom is 0.331 e. The highest BCUT2D eigenvalue weighted by atomic mass is 16.7. The molecule has 0 N–H and O–H groups in total. The summed E-state index contributed by atoms with van der Waals surface area (Å²) in [6, 6.07) is 0. The molecule has 4 rings (SSSR count). The average molecular weight is 525 g/mol. The van der Waals surface area contributed by atoms with Gasteiger partial charge in [-0.1, -0.05) is 31.6 Å². The van der Waals surface area contributed by atoms with Crippen LogP contribution in [0.25, 0.3) is 6.08 Å². The fourth-order valence-electron chi connectivity index (χ4n) is 5.95. The highest BCUT2D eigenvalue weighted by Crippen LogP contribution is 2.49. The van der Waals surface area contributed by atoms with Crippen LogP contribution in [0.4, 0.5) is 0 Å². The van der Waals surface area contributed by atoms with Gasteiger partial charge in [-0.15, -0.1) is 0 Å². The third-order valence-electron chi connectivity index (χ3n) is 8.17. The van der Waals surface area contributed by atoms with E-state index in [0.717, 1.165) is 12.0 Å². The predicted molar refractivity (Wildman–Crippen MR) is 144 cm³/mol. The number of allylic oxidation sites excluding steroid dienone is 3. The summed E-state index contributed by atoms with van der Waals surface area (Å²) >= 11 is 0. The van der Waals surface area contributed by atoms with Gasteiger partial charge in [0.1, 0.15) is 18.3 Å². The molecule has 0 fully saturated rings. The Balaban J connectivity index is 1.74. The van der Waals surface area contributed by atoms with E-state index in [1.807, 2.05) is 36.9 Å². The number of ether oxygens (including phenoxy) is 4. The Bertz CT molecular complexity index is 1180. The van der Waals surface area contributed by atoms with Gasteiger partial charge < -0.3 is 23.5 Å². The van der Waals surface area contributed by atoms with Crippen molar-refractivity contribution in [2.45, 2.75) is 65.0 Å². The van der Waals surface area contributed by atoms with Gasteiger partial charge in [-0.05, 0) is 68.6 Å². The van der Waals surface area contributed by atoms with E-state index < -0.39 is 23.5 Å². The van der Waals surface area contributed by atoms with Crippen molar-refractivity contribution in [1.82, 2.24) is 9.55 Å². The summed E-state index contributed by atoms with van der Waals surface area (Å²) in [5, 5.41) is 0. The number of methoxy groups -OCH3 is 1. The van der Waals surface area contributed by atoms with E-state index in [2.05, 4.69) is 37.9 Å². The van der Waals surface area contributed by atoms with Crippen LogP contribution >= 0.6 is 0 Å². The zero-order chi connectivity index (χ0) is 27.7. The zero-order valence-corrected chi connectivity index (χ0v) is 23.5. The number of hydrogen-bond acceptors (Lipinski definition) is 7. The van der Waals surface area contributed by atoms with E-state index in [-0.39, 0.29) is 24.4 Å². The summed E-state index contributed by atoms with van der Waals surface area (Å²) in [5.41, 5.74) is 1.72. The second-order valence-electron chi connectivity index (χ2n) is 11.2. The molecule has 0 unspecified atom stereocenters. The van der Waals surface area contributed by atoms with Crippen molar-refractivity contribution < 1.29 is 28.5 Å². The molecule has 3 heterocycles. The SMILES string of the molecule is CO[C@]12C=C[C@](C)(O1)[C@@H](OC(=O)/C=C/c1cn(C)cn1)C[C@H]1C(C)=CC[C@H](C(C)C)[C@H]1/C=C\2COC(C)=O. The van der Waals surface area contributed by atoms with Crippen molar-refractivity contribution in [3.05, 3.63) is 59.7 Å². The Kier molecular flexibility index (Phi) is 8.14. The number of aryl methyl sites for hydroxylation is 1. The summed E-state index contributed by atoms with van der Waals surface area (Å²) in [5.74, 6) is -1.04. The Morgan fingerprint density at radius 2 is 2.08 bits per heavy atom. The molecule has 2 aliphatic heterocycles. The van der Waals surface area contributed by atoms with Gasteiger partial charge >= 0.3 is 11.9 Å². The van der Waals surface area contributed by atoms with Crippen LogP contribution in [0, 0.1) is 23.7 Å². The van der Waals surface area contributed by atoms with Crippen LogP contribution in [0.3, 0.4) is 0 Å². The first-order valence-corrected chi connectivity index (χ1v) is 13.3. The molecule has 3 aliphatic rings. The Morgan fingerprint density at radius 1 is 1.32 bits per heavy atom. The second-order valence-corrected chi connectivity index (χ2v) is 11.2. The highest BCUT2D eigenvalue weighted by Gasteiger charge is 2.53. The average Bonchev–Trinajstić information content (AvgIpc) is 3.45. The number of fused-ring (bicyclic) bond motifs is 3. The van der Waals surface area contributed by atoms with Crippen molar-refractivity contribution >= 4 is 18.0 Å². The van der Waals surface area contributed by atoms with Crippen LogP contribution in [0.2, 0.25) is 0 Å². The van der Waals surface area contributed by atoms with E-state index in [0.29, 0.717) is 24.0 Å². The summed E-state index contributed by atoms with van der Waals surface area (Å²) in [7, 11) is 3.45. The summed E-state index contributed by atoms with van der Waals surface area (Å²) in [6.45, 7) is 9.98. The van der Waals surface area contributed by atoms with Crippen LogP contribution < -0.4 is 0 Å². The molecule has 8 heteroatoms. The fourth-order valence-corrected chi connectivity index (χ4v) is 5.95. The van der Waals surface area contributed by atoms with E-state index in [4.69, 9.17) is 18.9 Å². The molecule has 0 aromatic carbocycles. The van der Waals surface area contributed by atoms with E-state index in [1.165, 1.54) is 18.6 Å². The lowest BCUT2D eigenvalue weighted by molar-refractivity contribution is -0.227. The molecular weight excluding hydrogens is 484 g/mol. The molecule has 8 nitrogen and oxygen atoms in total. The maximum absolute atomic E-state index is 13.1. The first kappa shape index (κ1) is 28.0. The smallest absolute Gasteiger partial charge is 0.331 e. The first-order valence-electron chi connectivity index (χ1n) is 13.3. The van der Waals surface area contributed by atoms with Gasteiger partial charge in [0.05, 0.1) is 12.0 Å². The number of carbonyl (C=O) groups is 2. The van der Waals surface area contributed by atoms with Gasteiger partial charge in [-0.3, -0.25) is 4.79 Å². The Labute approximate surface area is 225 Å². The van der Waals surface area contributed by atoms with Gasteiger partial charge in [-0.2, -0.15) is 0 Å². The number of nitrogens with zero attached hydrogens (tertiary/aromatic N) is 2. The Hall–Kier alpha value is -2.97. The molecule has 0 saturated carbocycles. The lowest BCUT2D eigenvalue weighted by atomic mass is 9.65. The number of aromatic nitrogens is 2. The van der Waals surface area contributed by atoms with Crippen molar-refractivity contribution in [1.29, 1.82) is 0 Å². The maximum atomic E-state index is 13.1. The highest BCUT2D eigenvalue weighted by molar-refractivity contribution is 5.86. The van der Waals surface area contributed by atoms with Crippen LogP contribution in [-0.4, -0.2) is 52.7 Å². The standard InChI is InChI=1S/C30H40N2O6/c1-19(2)24-10-8-20(3)25-15-27(37-28(34)11-9-23-16-32(6)18-31-23)29(5)12-13-30(35-7,38-29)22(14-26(24)25)17-36-21(4)33/h8-9,11-14,16,18-19,24-27H,10,15,17H2,1-7H3/b11-9+,22-14-/t24-,25+,26-,27+,29+,30-/m1/s1. The third kappa shape index (κ3) is 5.71. The van der Waals surface area contributed by atoms with E-state index >= 15 is 0 Å². The fraction of sp³-hybridized carbons (Fsp3) is 0.567. The summed E-state index contributed by atoms with van der Waals surface area (Å²) < 4.78 is 26.1. The zero-order valence-electron chi connectivity index (χ0n) is 23.5. The lowest BCUT2D eigenvalue weighted by Crippen LogP contribution is -2.47. The van der Waals surface area contributed by atoms with Gasteiger partial charge in [0.15, 0.2) is 0 Å². The Morgan fingerprint density at radius 3 is 2.71 bits per heavy atom. The van der Waals surface area contributed by atoms with Gasteiger partial charge in [0.2, 0.25) is 5.79 Å². The van der Waals surface area contributed by atoms with Crippen LogP contribution in [0.5, 0.6) is 0 Å². The number of hydrogen-bond donors (Lipinski definition) is 0. The van der Waals surface area contributed by atoms with Gasteiger partial charge in [-0.25, -0.2) is 9.78 Å². The molecule has 0 amide bonds. The normalized spacial score (nSPS) is 34.1. The topological polar surface area (TPSA) is 88.9 Å². The van der Waals surface area contributed by atoms with Crippen molar-refractivity contribution in [2.75, 3.05) is 13.7 Å². The number of carbonyl (C=O) groups excluding carboxylic acids is 2. The molecule has 206 valence electrons. The van der Waals surface area contributed by atoms with Gasteiger partial charge in [0, 0.05) is 38.9 Å². The first-order chi connectivity index (χ1) is 18.0. The molecule has 1 aliphatic carbocycles. The molecule has 0 spiro atoms. The third-order valence-corrected chi connectivity index (χ3v) is 8.17.